The highest BCUT2D eigenvalue weighted by atomic mass is 16.2. The summed E-state index contributed by atoms with van der Waals surface area (Å²) in [7, 11) is 1.99. The Morgan fingerprint density at radius 2 is 1.70 bits per heavy atom. The quantitative estimate of drug-likeness (QED) is 0.840. The lowest BCUT2D eigenvalue weighted by atomic mass is 9.49. The van der Waals surface area contributed by atoms with Crippen LogP contribution >= 0.6 is 0 Å². The van der Waals surface area contributed by atoms with E-state index in [0.717, 1.165) is 30.7 Å². The molecular weight excluding hydrogens is 248 g/mol. The first-order valence-electron chi connectivity index (χ1n) is 8.49. The minimum absolute atomic E-state index is 0.0290. The van der Waals surface area contributed by atoms with Crippen LogP contribution < -0.4 is 5.73 Å². The van der Waals surface area contributed by atoms with E-state index in [1.807, 2.05) is 11.9 Å². The number of carbonyl (C=O) groups is 1. The van der Waals surface area contributed by atoms with Crippen LogP contribution in [0.4, 0.5) is 0 Å². The third-order valence-electron chi connectivity index (χ3n) is 6.12. The Bertz CT molecular complexity index is 344. The lowest BCUT2D eigenvalue weighted by Gasteiger charge is -2.57. The predicted octanol–water partition coefficient (Wildman–Crippen LogP) is 2.79. The summed E-state index contributed by atoms with van der Waals surface area (Å²) >= 11 is 0. The molecule has 4 saturated carbocycles. The smallest absolute Gasteiger partial charge is 0.223 e. The lowest BCUT2D eigenvalue weighted by molar-refractivity contribution is -0.135. The van der Waals surface area contributed by atoms with E-state index in [1.165, 1.54) is 38.5 Å². The van der Waals surface area contributed by atoms with Crippen molar-refractivity contribution in [2.75, 3.05) is 13.6 Å². The van der Waals surface area contributed by atoms with Gasteiger partial charge in [-0.05, 0) is 68.1 Å². The van der Waals surface area contributed by atoms with Crippen molar-refractivity contribution in [1.29, 1.82) is 0 Å². The zero-order chi connectivity index (χ0) is 14.3. The molecule has 0 heterocycles. The SMILES string of the molecule is CCC(N)CC(=O)N(C)CC12CC3CC(CC(C3)C1)C2. The topological polar surface area (TPSA) is 46.3 Å². The number of rotatable bonds is 5. The molecule has 4 rings (SSSR count). The van der Waals surface area contributed by atoms with Gasteiger partial charge in [0.25, 0.3) is 0 Å². The molecule has 4 aliphatic carbocycles. The first-order valence-corrected chi connectivity index (χ1v) is 8.49. The molecule has 2 N–H and O–H groups in total. The van der Waals surface area contributed by atoms with Crippen LogP contribution in [-0.4, -0.2) is 30.4 Å². The molecule has 20 heavy (non-hydrogen) atoms. The van der Waals surface area contributed by atoms with Crippen LogP contribution in [0.2, 0.25) is 0 Å². The van der Waals surface area contributed by atoms with E-state index in [2.05, 4.69) is 6.92 Å². The van der Waals surface area contributed by atoms with Gasteiger partial charge < -0.3 is 10.6 Å². The second-order valence-corrected chi connectivity index (χ2v) is 8.04. The lowest BCUT2D eigenvalue weighted by Crippen LogP contribution is -2.51. The number of nitrogens with two attached hydrogens (primary N) is 1. The van der Waals surface area contributed by atoms with Crippen molar-refractivity contribution in [3.63, 3.8) is 0 Å². The van der Waals surface area contributed by atoms with Gasteiger partial charge in [-0.2, -0.15) is 0 Å². The van der Waals surface area contributed by atoms with E-state index in [9.17, 15) is 4.79 Å². The standard InChI is InChI=1S/C17H30N2O/c1-3-15(18)7-16(20)19(2)11-17-8-12-4-13(9-17)6-14(5-12)10-17/h12-15H,3-11,18H2,1-2H3. The van der Waals surface area contributed by atoms with Crippen LogP contribution in [0.1, 0.15) is 58.3 Å². The van der Waals surface area contributed by atoms with Crippen LogP contribution in [0.15, 0.2) is 0 Å². The van der Waals surface area contributed by atoms with Crippen molar-refractivity contribution in [1.82, 2.24) is 4.90 Å². The van der Waals surface area contributed by atoms with Crippen molar-refractivity contribution in [3.05, 3.63) is 0 Å². The predicted molar refractivity (Wildman–Crippen MR) is 81.1 cm³/mol. The monoisotopic (exact) mass is 278 g/mol. The molecule has 3 nitrogen and oxygen atoms in total. The Morgan fingerprint density at radius 1 is 1.20 bits per heavy atom. The third kappa shape index (κ3) is 2.74. The molecule has 0 saturated heterocycles. The first-order chi connectivity index (χ1) is 9.49. The Morgan fingerprint density at radius 3 is 2.15 bits per heavy atom. The summed E-state index contributed by atoms with van der Waals surface area (Å²) in [5.74, 6) is 3.13. The van der Waals surface area contributed by atoms with Crippen molar-refractivity contribution in [3.8, 4) is 0 Å². The van der Waals surface area contributed by atoms with E-state index < -0.39 is 0 Å². The minimum atomic E-state index is 0.0290. The van der Waals surface area contributed by atoms with Gasteiger partial charge in [0.05, 0.1) is 0 Å². The highest BCUT2D eigenvalue weighted by molar-refractivity contribution is 5.76. The number of carbonyl (C=O) groups excluding carboxylic acids is 1. The van der Waals surface area contributed by atoms with Gasteiger partial charge >= 0.3 is 0 Å². The number of hydrogen-bond acceptors (Lipinski definition) is 2. The van der Waals surface area contributed by atoms with Crippen molar-refractivity contribution in [2.45, 2.75) is 64.3 Å². The zero-order valence-electron chi connectivity index (χ0n) is 13.1. The highest BCUT2D eigenvalue weighted by Crippen LogP contribution is 2.60. The summed E-state index contributed by atoms with van der Waals surface area (Å²) < 4.78 is 0. The van der Waals surface area contributed by atoms with Gasteiger partial charge in [-0.15, -0.1) is 0 Å². The minimum Gasteiger partial charge on any atom is -0.345 e. The zero-order valence-corrected chi connectivity index (χ0v) is 13.1. The largest absolute Gasteiger partial charge is 0.345 e. The summed E-state index contributed by atoms with van der Waals surface area (Å²) in [6, 6.07) is 0.0290. The molecule has 4 fully saturated rings. The maximum atomic E-state index is 12.3. The number of nitrogens with zero attached hydrogens (tertiary/aromatic N) is 1. The Labute approximate surface area is 123 Å². The second kappa shape index (κ2) is 5.32. The molecule has 3 heteroatoms. The second-order valence-electron chi connectivity index (χ2n) is 8.04. The Kier molecular flexibility index (Phi) is 3.83. The molecular formula is C17H30N2O. The third-order valence-corrected chi connectivity index (χ3v) is 6.12. The molecule has 0 aromatic rings. The van der Waals surface area contributed by atoms with Gasteiger partial charge in [0.15, 0.2) is 0 Å². The number of hydrogen-bond donors (Lipinski definition) is 1. The molecule has 1 atom stereocenters. The van der Waals surface area contributed by atoms with E-state index >= 15 is 0 Å². The number of amides is 1. The molecule has 0 radical (unpaired) electrons. The summed E-state index contributed by atoms with van der Waals surface area (Å²) in [6.07, 6.45) is 9.92. The van der Waals surface area contributed by atoms with Gasteiger partial charge in [-0.1, -0.05) is 6.92 Å². The van der Waals surface area contributed by atoms with E-state index in [0.29, 0.717) is 11.8 Å². The van der Waals surface area contributed by atoms with E-state index in [4.69, 9.17) is 5.73 Å². The van der Waals surface area contributed by atoms with Crippen LogP contribution in [0.25, 0.3) is 0 Å². The van der Waals surface area contributed by atoms with Gasteiger partial charge in [-0.3, -0.25) is 4.79 Å². The Hall–Kier alpha value is -0.570. The molecule has 1 amide bonds. The fourth-order valence-electron chi connectivity index (χ4n) is 5.60. The van der Waals surface area contributed by atoms with Gasteiger partial charge in [0.1, 0.15) is 0 Å². The van der Waals surface area contributed by atoms with Crippen molar-refractivity contribution < 1.29 is 4.79 Å². The van der Waals surface area contributed by atoms with Crippen LogP contribution in [-0.2, 0) is 4.79 Å². The molecule has 0 aromatic carbocycles. The molecule has 0 aromatic heterocycles. The molecule has 4 aliphatic rings. The van der Waals surface area contributed by atoms with Crippen LogP contribution in [0, 0.1) is 23.2 Å². The highest BCUT2D eigenvalue weighted by Gasteiger charge is 2.51. The molecule has 0 spiro atoms. The summed E-state index contributed by atoms with van der Waals surface area (Å²) in [4.78, 5) is 14.3. The molecule has 114 valence electrons. The van der Waals surface area contributed by atoms with Crippen molar-refractivity contribution in [2.24, 2.45) is 28.9 Å². The Balaban J connectivity index is 1.61. The maximum absolute atomic E-state index is 12.3. The average Bonchev–Trinajstić information content (AvgIpc) is 2.36. The van der Waals surface area contributed by atoms with Crippen molar-refractivity contribution >= 4 is 5.91 Å². The molecule has 1 unspecified atom stereocenters. The van der Waals surface area contributed by atoms with E-state index in [1.54, 1.807) is 0 Å². The average molecular weight is 278 g/mol. The fraction of sp³-hybridized carbons (Fsp3) is 0.941. The summed E-state index contributed by atoms with van der Waals surface area (Å²) in [5, 5.41) is 0. The van der Waals surface area contributed by atoms with Gasteiger partial charge in [0.2, 0.25) is 5.91 Å². The molecule has 0 aliphatic heterocycles. The van der Waals surface area contributed by atoms with Crippen LogP contribution in [0.5, 0.6) is 0 Å². The van der Waals surface area contributed by atoms with Gasteiger partial charge in [-0.25, -0.2) is 0 Å². The normalized spacial score (nSPS) is 39.9. The fourth-order valence-corrected chi connectivity index (χ4v) is 5.60. The van der Waals surface area contributed by atoms with E-state index in [-0.39, 0.29) is 11.9 Å². The summed E-state index contributed by atoms with van der Waals surface area (Å²) in [6.45, 7) is 3.03. The maximum Gasteiger partial charge on any atom is 0.223 e. The first kappa shape index (κ1) is 14.4. The van der Waals surface area contributed by atoms with Crippen LogP contribution in [0.3, 0.4) is 0 Å². The molecule has 4 bridgehead atoms. The van der Waals surface area contributed by atoms with Gasteiger partial charge in [0, 0.05) is 26.1 Å². The summed E-state index contributed by atoms with van der Waals surface area (Å²) in [5.41, 5.74) is 6.38.